The zero-order chi connectivity index (χ0) is 27.9. The minimum absolute atomic E-state index is 0.273. The van der Waals surface area contributed by atoms with Gasteiger partial charge in [0.2, 0.25) is 0 Å². The summed E-state index contributed by atoms with van der Waals surface area (Å²) in [5.41, 5.74) is 7.70. The third-order valence-electron chi connectivity index (χ3n) is 8.38. The number of carbonyl (C=O) groups excluding carboxylic acids is 4. The van der Waals surface area contributed by atoms with E-state index in [4.69, 9.17) is 5.73 Å². The summed E-state index contributed by atoms with van der Waals surface area (Å²) < 4.78 is 0. The molecule has 0 saturated carbocycles. The third kappa shape index (κ3) is 3.20. The predicted octanol–water partition coefficient (Wildman–Crippen LogP) is 4.23. The predicted molar refractivity (Wildman–Crippen MR) is 155 cm³/mol. The second-order valence-electron chi connectivity index (χ2n) is 11.0. The maximum atomic E-state index is 13.6. The van der Waals surface area contributed by atoms with Crippen molar-refractivity contribution in [1.82, 2.24) is 14.7 Å². The first kappa shape index (κ1) is 24.6. The van der Waals surface area contributed by atoms with E-state index >= 15 is 0 Å². The molecule has 0 unspecified atom stereocenters. The standard InChI is InChI=1S/C32H28N4O4/c1-34(2)14-4-16-36-31(39)23-11-7-19-17-5-9-21-27-22(30(38)35(29(21)37)15-3-13-33)10-6-18(25(17)27)20-8-12-24(32(36)40)28(23)26(19)20/h5-12H,3-4,13-16,33H2,1-2H3. The summed E-state index contributed by atoms with van der Waals surface area (Å²) in [6.45, 7) is 1.80. The van der Waals surface area contributed by atoms with Crippen LogP contribution < -0.4 is 5.73 Å². The fourth-order valence-electron chi connectivity index (χ4n) is 6.57. The van der Waals surface area contributed by atoms with E-state index in [1.54, 1.807) is 12.1 Å². The highest BCUT2D eigenvalue weighted by molar-refractivity contribution is 6.41. The molecule has 0 saturated heterocycles. The normalized spacial score (nSPS) is 15.3. The smallest absolute Gasteiger partial charge is 0.261 e. The van der Waals surface area contributed by atoms with Crippen molar-refractivity contribution in [1.29, 1.82) is 0 Å². The molecule has 2 aliphatic rings. The first-order valence-corrected chi connectivity index (χ1v) is 13.6. The summed E-state index contributed by atoms with van der Waals surface area (Å²) in [5.74, 6) is -1.16. The van der Waals surface area contributed by atoms with E-state index in [9.17, 15) is 19.2 Å². The summed E-state index contributed by atoms with van der Waals surface area (Å²) in [4.78, 5) is 58.7. The topological polar surface area (TPSA) is 104 Å². The second-order valence-corrected chi connectivity index (χ2v) is 11.0. The van der Waals surface area contributed by atoms with Crippen molar-refractivity contribution in [2.24, 2.45) is 5.73 Å². The number of benzene rings is 5. The lowest BCUT2D eigenvalue weighted by Crippen LogP contribution is -2.41. The Bertz CT molecular complexity index is 1820. The van der Waals surface area contributed by atoms with E-state index in [0.29, 0.717) is 59.0 Å². The Morgan fingerprint density at radius 2 is 0.900 bits per heavy atom. The number of amides is 4. The van der Waals surface area contributed by atoms with Gasteiger partial charge in [0.25, 0.3) is 23.6 Å². The lowest BCUT2D eigenvalue weighted by molar-refractivity contribution is 0.0592. The van der Waals surface area contributed by atoms with Crippen LogP contribution in [0.3, 0.4) is 0 Å². The number of rotatable bonds is 7. The first-order chi connectivity index (χ1) is 19.3. The van der Waals surface area contributed by atoms with E-state index in [1.807, 2.05) is 55.4 Å². The Balaban J connectivity index is 1.47. The molecular weight excluding hydrogens is 504 g/mol. The van der Waals surface area contributed by atoms with Gasteiger partial charge in [-0.3, -0.25) is 29.0 Å². The van der Waals surface area contributed by atoms with Gasteiger partial charge in [-0.1, -0.05) is 24.3 Å². The Labute approximate surface area is 230 Å². The molecular formula is C32H28N4O4. The maximum absolute atomic E-state index is 13.6. The molecule has 40 heavy (non-hydrogen) atoms. The van der Waals surface area contributed by atoms with Crippen molar-refractivity contribution in [3.05, 3.63) is 70.8 Å². The van der Waals surface area contributed by atoms with Crippen molar-refractivity contribution in [2.45, 2.75) is 12.8 Å². The van der Waals surface area contributed by atoms with Crippen molar-refractivity contribution in [2.75, 3.05) is 40.3 Å². The number of imide groups is 2. The fraction of sp³-hybridized carbons (Fsp3) is 0.250. The van der Waals surface area contributed by atoms with Crippen LogP contribution in [0.1, 0.15) is 54.3 Å². The molecule has 2 aliphatic heterocycles. The second kappa shape index (κ2) is 8.81. The lowest BCUT2D eigenvalue weighted by Gasteiger charge is -2.30. The van der Waals surface area contributed by atoms with Crippen LogP contribution in [0.15, 0.2) is 48.5 Å². The zero-order valence-corrected chi connectivity index (χ0v) is 22.4. The van der Waals surface area contributed by atoms with Crippen LogP contribution in [0.5, 0.6) is 0 Å². The van der Waals surface area contributed by atoms with Gasteiger partial charge in [0.1, 0.15) is 0 Å². The molecule has 5 aromatic carbocycles. The van der Waals surface area contributed by atoms with Crippen molar-refractivity contribution < 1.29 is 19.2 Å². The molecule has 8 heteroatoms. The SMILES string of the molecule is CN(C)CCCN1C(=O)c2ccc3c4ccc5c6c(ccc(c7ccc(c2c37)C1=O)c64)C(=O)N(CCCN)C5=O. The molecule has 2 N–H and O–H groups in total. The van der Waals surface area contributed by atoms with Gasteiger partial charge in [-0.05, 0) is 96.6 Å². The van der Waals surface area contributed by atoms with E-state index in [-0.39, 0.29) is 30.2 Å². The van der Waals surface area contributed by atoms with Crippen LogP contribution >= 0.6 is 0 Å². The minimum Gasteiger partial charge on any atom is -0.330 e. The Morgan fingerprint density at radius 3 is 1.23 bits per heavy atom. The third-order valence-corrected chi connectivity index (χ3v) is 8.38. The highest BCUT2D eigenvalue weighted by Crippen LogP contribution is 2.46. The number of fused-ring (bicyclic) bond motifs is 2. The van der Waals surface area contributed by atoms with Gasteiger partial charge in [0.05, 0.1) is 0 Å². The van der Waals surface area contributed by atoms with Gasteiger partial charge in [-0.15, -0.1) is 0 Å². The molecule has 0 radical (unpaired) electrons. The Kier molecular flexibility index (Phi) is 5.42. The molecule has 4 amide bonds. The molecule has 5 aromatic rings. The summed E-state index contributed by atoms with van der Waals surface area (Å²) in [6, 6.07) is 14.9. The Hall–Kier alpha value is -4.40. The molecule has 0 spiro atoms. The van der Waals surface area contributed by atoms with Gasteiger partial charge < -0.3 is 10.6 Å². The zero-order valence-electron chi connectivity index (χ0n) is 22.4. The molecule has 0 fully saturated rings. The van der Waals surface area contributed by atoms with Crippen molar-refractivity contribution >= 4 is 66.7 Å². The number of nitrogens with two attached hydrogens (primary N) is 1. The van der Waals surface area contributed by atoms with Crippen molar-refractivity contribution in [3.63, 3.8) is 0 Å². The van der Waals surface area contributed by atoms with Crippen LogP contribution in [0.4, 0.5) is 0 Å². The summed E-state index contributed by atoms with van der Waals surface area (Å²) >= 11 is 0. The number of hydrogen-bond donors (Lipinski definition) is 1. The van der Waals surface area contributed by atoms with Gasteiger partial charge in [0, 0.05) is 46.1 Å². The molecule has 8 nitrogen and oxygen atoms in total. The van der Waals surface area contributed by atoms with Gasteiger partial charge in [-0.2, -0.15) is 0 Å². The van der Waals surface area contributed by atoms with E-state index in [0.717, 1.165) is 38.9 Å². The fourth-order valence-corrected chi connectivity index (χ4v) is 6.57. The van der Waals surface area contributed by atoms with Crippen LogP contribution in [0.25, 0.3) is 43.1 Å². The molecule has 7 rings (SSSR count). The van der Waals surface area contributed by atoms with Crippen LogP contribution in [-0.2, 0) is 0 Å². The average Bonchev–Trinajstić information content (AvgIpc) is 2.95. The van der Waals surface area contributed by atoms with Gasteiger partial charge in [0.15, 0.2) is 0 Å². The molecule has 0 aromatic heterocycles. The average molecular weight is 533 g/mol. The van der Waals surface area contributed by atoms with E-state index < -0.39 is 0 Å². The number of carbonyl (C=O) groups is 4. The van der Waals surface area contributed by atoms with Crippen LogP contribution in [-0.4, -0.2) is 78.6 Å². The molecule has 200 valence electrons. The largest absolute Gasteiger partial charge is 0.330 e. The monoisotopic (exact) mass is 532 g/mol. The Morgan fingerprint density at radius 1 is 0.550 bits per heavy atom. The summed E-state index contributed by atoms with van der Waals surface area (Å²) in [7, 11) is 3.93. The van der Waals surface area contributed by atoms with Gasteiger partial charge in [-0.25, -0.2) is 0 Å². The number of nitrogens with zero attached hydrogens (tertiary/aromatic N) is 3. The van der Waals surface area contributed by atoms with Crippen LogP contribution in [0, 0.1) is 0 Å². The maximum Gasteiger partial charge on any atom is 0.261 e. The summed E-state index contributed by atoms with van der Waals surface area (Å²) in [6.07, 6.45) is 1.23. The quantitative estimate of drug-likeness (QED) is 0.191. The molecule has 0 atom stereocenters. The minimum atomic E-state index is -0.309. The molecule has 0 aliphatic carbocycles. The lowest BCUT2D eigenvalue weighted by atomic mass is 9.82. The highest BCUT2D eigenvalue weighted by atomic mass is 16.2. The first-order valence-electron chi connectivity index (χ1n) is 13.6. The van der Waals surface area contributed by atoms with Gasteiger partial charge >= 0.3 is 0 Å². The van der Waals surface area contributed by atoms with E-state index in [2.05, 4.69) is 0 Å². The molecule has 2 heterocycles. The van der Waals surface area contributed by atoms with E-state index in [1.165, 1.54) is 9.80 Å². The van der Waals surface area contributed by atoms with Crippen LogP contribution in [0.2, 0.25) is 0 Å². The summed E-state index contributed by atoms with van der Waals surface area (Å²) in [5, 5.41) is 6.59. The number of hydrogen-bond acceptors (Lipinski definition) is 6. The molecule has 0 bridgehead atoms. The highest BCUT2D eigenvalue weighted by Gasteiger charge is 2.36. The van der Waals surface area contributed by atoms with Crippen molar-refractivity contribution in [3.8, 4) is 0 Å².